The Labute approximate surface area is 136 Å². The van der Waals surface area contributed by atoms with Crippen LogP contribution in [0.25, 0.3) is 0 Å². The minimum absolute atomic E-state index is 0.119. The van der Waals surface area contributed by atoms with Crippen LogP contribution in [0.4, 0.5) is 0 Å². The summed E-state index contributed by atoms with van der Waals surface area (Å²) in [5.74, 6) is -0.237. The third kappa shape index (κ3) is 3.28. The van der Waals surface area contributed by atoms with Crippen molar-refractivity contribution in [3.63, 3.8) is 0 Å². The summed E-state index contributed by atoms with van der Waals surface area (Å²) in [7, 11) is 2.97. The number of carbonyl (C=O) groups is 2. The highest BCUT2D eigenvalue weighted by atomic mass is 33.1. The van der Waals surface area contributed by atoms with Crippen molar-refractivity contribution in [3.05, 3.63) is 59.7 Å². The van der Waals surface area contributed by atoms with Crippen molar-refractivity contribution >= 4 is 33.4 Å². The van der Waals surface area contributed by atoms with E-state index in [1.807, 2.05) is 48.5 Å². The fraction of sp³-hybridized carbons (Fsp3) is 0.125. The van der Waals surface area contributed by atoms with Crippen molar-refractivity contribution in [1.82, 2.24) is 10.6 Å². The van der Waals surface area contributed by atoms with Crippen LogP contribution in [0.2, 0.25) is 0 Å². The lowest BCUT2D eigenvalue weighted by molar-refractivity contribution is 0.0924. The molecule has 0 aromatic heterocycles. The van der Waals surface area contributed by atoms with Gasteiger partial charge in [0.1, 0.15) is 0 Å². The van der Waals surface area contributed by atoms with Gasteiger partial charge in [0.15, 0.2) is 0 Å². The second-order valence-electron chi connectivity index (χ2n) is 4.67. The fourth-order valence-electron chi connectivity index (χ4n) is 2.09. The Hall–Kier alpha value is -1.92. The molecule has 3 rings (SSSR count). The minimum Gasteiger partial charge on any atom is -0.350 e. The largest absolute Gasteiger partial charge is 0.350 e. The Balaban J connectivity index is 1.96. The van der Waals surface area contributed by atoms with Gasteiger partial charge in [-0.1, -0.05) is 45.9 Å². The molecule has 4 nitrogen and oxygen atoms in total. The van der Waals surface area contributed by atoms with Crippen molar-refractivity contribution in [2.45, 2.75) is 9.79 Å². The molecule has 2 aromatic carbocycles. The molecule has 0 aliphatic carbocycles. The molecule has 22 heavy (non-hydrogen) atoms. The third-order valence-corrected chi connectivity index (χ3v) is 5.66. The second kappa shape index (κ2) is 6.89. The molecule has 1 aliphatic rings. The summed E-state index contributed by atoms with van der Waals surface area (Å²) in [5, 5.41) is 5.65. The summed E-state index contributed by atoms with van der Waals surface area (Å²) in [6, 6.07) is 15.0. The number of hydrogen-bond donors (Lipinski definition) is 2. The van der Waals surface area contributed by atoms with Gasteiger partial charge in [0.2, 0.25) is 0 Å². The number of amides is 2. The van der Waals surface area contributed by atoms with Gasteiger partial charge in [0.05, 0.1) is 11.1 Å². The van der Waals surface area contributed by atoms with E-state index in [0.29, 0.717) is 24.2 Å². The predicted octanol–water partition coefficient (Wildman–Crippen LogP) is 2.96. The first-order chi connectivity index (χ1) is 10.8. The van der Waals surface area contributed by atoms with Crippen molar-refractivity contribution in [2.24, 2.45) is 0 Å². The molecule has 1 aliphatic heterocycles. The van der Waals surface area contributed by atoms with Gasteiger partial charge in [-0.3, -0.25) is 9.59 Å². The van der Waals surface area contributed by atoms with Gasteiger partial charge in [0.25, 0.3) is 11.8 Å². The van der Waals surface area contributed by atoms with E-state index >= 15 is 0 Å². The molecule has 2 amide bonds. The van der Waals surface area contributed by atoms with E-state index in [-0.39, 0.29) is 11.8 Å². The van der Waals surface area contributed by atoms with Gasteiger partial charge in [-0.2, -0.15) is 0 Å². The molecule has 0 radical (unpaired) electrons. The highest BCUT2D eigenvalue weighted by Gasteiger charge is 2.16. The van der Waals surface area contributed by atoms with Crippen LogP contribution in [-0.2, 0) is 0 Å². The first kappa shape index (κ1) is 15.0. The summed E-state index contributed by atoms with van der Waals surface area (Å²) in [6.07, 6.45) is 0. The second-order valence-corrected chi connectivity index (χ2v) is 6.88. The van der Waals surface area contributed by atoms with Gasteiger partial charge >= 0.3 is 0 Å². The van der Waals surface area contributed by atoms with Crippen LogP contribution in [0.5, 0.6) is 0 Å². The van der Waals surface area contributed by atoms with Crippen molar-refractivity contribution < 1.29 is 9.59 Å². The Kier molecular flexibility index (Phi) is 4.70. The standard InChI is InChI=1S/C16H14N2O2S2/c19-15-11-5-1-3-7-13(11)21-22-14-8-4-2-6-12(14)16(20)18-10-9-17-15/h1-8H,9-10H2,(H,17,19)(H,18,20). The number of rotatable bonds is 0. The first-order valence-electron chi connectivity index (χ1n) is 6.84. The zero-order valence-corrected chi connectivity index (χ0v) is 13.3. The molecule has 2 aromatic rings. The van der Waals surface area contributed by atoms with Crippen molar-refractivity contribution in [3.8, 4) is 0 Å². The smallest absolute Gasteiger partial charge is 0.252 e. The number of hydrogen-bond acceptors (Lipinski definition) is 4. The average Bonchev–Trinajstić information content (AvgIpc) is 2.56. The monoisotopic (exact) mass is 330 g/mol. The van der Waals surface area contributed by atoms with Crippen LogP contribution in [-0.4, -0.2) is 24.9 Å². The summed E-state index contributed by atoms with van der Waals surface area (Å²) < 4.78 is 0. The van der Waals surface area contributed by atoms with Gasteiger partial charge in [-0.05, 0) is 24.3 Å². The summed E-state index contributed by atoms with van der Waals surface area (Å²) in [5.41, 5.74) is 1.31. The van der Waals surface area contributed by atoms with E-state index in [2.05, 4.69) is 10.6 Å². The maximum Gasteiger partial charge on any atom is 0.252 e. The lowest BCUT2D eigenvalue weighted by Crippen LogP contribution is -2.35. The van der Waals surface area contributed by atoms with Crippen LogP contribution in [0.1, 0.15) is 20.7 Å². The van der Waals surface area contributed by atoms with E-state index in [4.69, 9.17) is 0 Å². The lowest BCUT2D eigenvalue weighted by Gasteiger charge is -2.14. The number of nitrogens with one attached hydrogen (secondary N) is 2. The van der Waals surface area contributed by atoms with E-state index in [0.717, 1.165) is 9.79 Å². The van der Waals surface area contributed by atoms with E-state index < -0.39 is 0 Å². The molecule has 0 unspecified atom stereocenters. The number of benzene rings is 2. The molecular formula is C16H14N2O2S2. The van der Waals surface area contributed by atoms with Crippen molar-refractivity contribution in [2.75, 3.05) is 13.1 Å². The zero-order chi connectivity index (χ0) is 15.4. The third-order valence-electron chi connectivity index (χ3n) is 3.18. The highest BCUT2D eigenvalue weighted by Crippen LogP contribution is 2.40. The van der Waals surface area contributed by atoms with E-state index in [9.17, 15) is 9.59 Å². The molecule has 0 saturated carbocycles. The maximum absolute atomic E-state index is 12.2. The van der Waals surface area contributed by atoms with Gasteiger partial charge in [-0.15, -0.1) is 0 Å². The van der Waals surface area contributed by atoms with Gasteiger partial charge in [0, 0.05) is 22.9 Å². The topological polar surface area (TPSA) is 58.2 Å². The molecule has 112 valence electrons. The van der Waals surface area contributed by atoms with E-state index in [1.54, 1.807) is 0 Å². The SMILES string of the molecule is O=C1NCCNC(=O)c2ccccc2SSc2ccccc21. The molecule has 0 spiro atoms. The van der Waals surface area contributed by atoms with Crippen LogP contribution in [0, 0.1) is 0 Å². The molecule has 1 heterocycles. The molecule has 0 saturated heterocycles. The zero-order valence-electron chi connectivity index (χ0n) is 11.7. The van der Waals surface area contributed by atoms with Gasteiger partial charge in [-0.25, -0.2) is 0 Å². The fourth-order valence-corrected chi connectivity index (χ4v) is 4.45. The maximum atomic E-state index is 12.2. The predicted molar refractivity (Wildman–Crippen MR) is 89.3 cm³/mol. The molecular weight excluding hydrogens is 316 g/mol. The Morgan fingerprint density at radius 2 is 1.09 bits per heavy atom. The Morgan fingerprint density at radius 3 is 1.55 bits per heavy atom. The van der Waals surface area contributed by atoms with Crippen LogP contribution < -0.4 is 10.6 Å². The highest BCUT2D eigenvalue weighted by molar-refractivity contribution is 8.76. The Morgan fingerprint density at radius 1 is 0.682 bits per heavy atom. The molecule has 0 fully saturated rings. The normalized spacial score (nSPS) is 15.5. The lowest BCUT2D eigenvalue weighted by atomic mass is 10.2. The van der Waals surface area contributed by atoms with Crippen LogP contribution >= 0.6 is 21.6 Å². The summed E-state index contributed by atoms with van der Waals surface area (Å²) in [4.78, 5) is 26.2. The van der Waals surface area contributed by atoms with Crippen molar-refractivity contribution in [1.29, 1.82) is 0 Å². The van der Waals surface area contributed by atoms with E-state index in [1.165, 1.54) is 21.6 Å². The first-order valence-corrected chi connectivity index (χ1v) is 8.99. The number of fused-ring (bicyclic) bond motifs is 2. The quantitative estimate of drug-likeness (QED) is 0.729. The van der Waals surface area contributed by atoms with Crippen LogP contribution in [0.3, 0.4) is 0 Å². The summed E-state index contributed by atoms with van der Waals surface area (Å²) >= 11 is 0. The molecule has 6 heteroatoms. The van der Waals surface area contributed by atoms with Gasteiger partial charge < -0.3 is 10.6 Å². The average molecular weight is 330 g/mol. The minimum atomic E-state index is -0.119. The molecule has 0 atom stereocenters. The number of carbonyl (C=O) groups excluding carboxylic acids is 2. The molecule has 2 N–H and O–H groups in total. The molecule has 0 bridgehead atoms. The summed E-state index contributed by atoms with van der Waals surface area (Å²) in [6.45, 7) is 0.803. The van der Waals surface area contributed by atoms with Crippen LogP contribution in [0.15, 0.2) is 58.3 Å². The Bertz CT molecular complexity index is 657.